The summed E-state index contributed by atoms with van der Waals surface area (Å²) in [7, 11) is 4.19. The third-order valence-corrected chi connectivity index (χ3v) is 5.37. The molecule has 0 amide bonds. The van der Waals surface area contributed by atoms with Gasteiger partial charge in [-0.1, -0.05) is 48.5 Å². The first kappa shape index (κ1) is 25.6. The first-order valence-corrected chi connectivity index (χ1v) is 11.2. The number of nitrogens with zero attached hydrogens (tertiary/aromatic N) is 3. The average Bonchev–Trinajstić information content (AvgIpc) is 3.25. The second kappa shape index (κ2) is 13.7. The summed E-state index contributed by atoms with van der Waals surface area (Å²) in [4.78, 5) is 9.48. The van der Waals surface area contributed by atoms with Crippen molar-refractivity contribution in [3.63, 3.8) is 0 Å². The van der Waals surface area contributed by atoms with Crippen LogP contribution >= 0.6 is 24.0 Å². The minimum Gasteiger partial charge on any atom is -0.357 e. The maximum absolute atomic E-state index is 4.77. The van der Waals surface area contributed by atoms with E-state index in [-0.39, 0.29) is 24.0 Å². The molecule has 1 fully saturated rings. The van der Waals surface area contributed by atoms with Crippen molar-refractivity contribution in [2.45, 2.75) is 45.9 Å². The van der Waals surface area contributed by atoms with Crippen LogP contribution in [-0.2, 0) is 26.2 Å². The molecule has 0 aliphatic carbocycles. The molecule has 6 heteroatoms. The number of guanidine groups is 1. The van der Waals surface area contributed by atoms with Crippen molar-refractivity contribution in [3.8, 4) is 0 Å². The summed E-state index contributed by atoms with van der Waals surface area (Å²) in [6.07, 6.45) is 2.68. The lowest BCUT2D eigenvalue weighted by Gasteiger charge is -2.15. The Kier molecular flexibility index (Phi) is 11.3. The summed E-state index contributed by atoms with van der Waals surface area (Å²) in [5, 5.41) is 6.79. The van der Waals surface area contributed by atoms with Gasteiger partial charge in [-0.2, -0.15) is 0 Å². The highest BCUT2D eigenvalue weighted by molar-refractivity contribution is 14.0. The Morgan fingerprint density at radius 2 is 1.45 bits per heavy atom. The SMILES string of the molecule is CCNC(=NCc1ccc(CN2CCCC2)cc1)NCc1ccc(CN(C)C)cc1.I. The number of rotatable bonds is 9. The number of hydrogen-bond donors (Lipinski definition) is 2. The Balaban J connectivity index is 0.00000341. The van der Waals surface area contributed by atoms with Crippen molar-refractivity contribution in [1.82, 2.24) is 20.4 Å². The van der Waals surface area contributed by atoms with Gasteiger partial charge in [0, 0.05) is 26.2 Å². The van der Waals surface area contributed by atoms with E-state index in [0.29, 0.717) is 6.54 Å². The minimum absolute atomic E-state index is 0. The van der Waals surface area contributed by atoms with E-state index >= 15 is 0 Å². The Morgan fingerprint density at radius 3 is 2.06 bits per heavy atom. The van der Waals surface area contributed by atoms with Gasteiger partial charge in [0.15, 0.2) is 5.96 Å². The smallest absolute Gasteiger partial charge is 0.191 e. The van der Waals surface area contributed by atoms with E-state index in [2.05, 4.69) is 90.0 Å². The first-order valence-electron chi connectivity index (χ1n) is 11.2. The van der Waals surface area contributed by atoms with Crippen molar-refractivity contribution >= 4 is 29.9 Å². The molecule has 1 aliphatic rings. The molecule has 31 heavy (non-hydrogen) atoms. The van der Waals surface area contributed by atoms with Gasteiger partial charge in [-0.05, 0) is 69.2 Å². The van der Waals surface area contributed by atoms with Crippen molar-refractivity contribution in [3.05, 3.63) is 70.8 Å². The van der Waals surface area contributed by atoms with E-state index in [1.54, 1.807) is 0 Å². The van der Waals surface area contributed by atoms with Gasteiger partial charge in [0.25, 0.3) is 0 Å². The average molecular weight is 536 g/mol. The van der Waals surface area contributed by atoms with Crippen molar-refractivity contribution in [2.75, 3.05) is 33.7 Å². The van der Waals surface area contributed by atoms with Crippen LogP contribution in [0.2, 0.25) is 0 Å². The predicted octanol–water partition coefficient (Wildman–Crippen LogP) is 4.22. The number of aliphatic imine (C=N–C) groups is 1. The van der Waals surface area contributed by atoms with Gasteiger partial charge in [-0.25, -0.2) is 4.99 Å². The fourth-order valence-electron chi connectivity index (χ4n) is 3.77. The van der Waals surface area contributed by atoms with E-state index in [0.717, 1.165) is 32.1 Å². The lowest BCUT2D eigenvalue weighted by molar-refractivity contribution is 0.331. The van der Waals surface area contributed by atoms with Crippen LogP contribution in [0.4, 0.5) is 0 Å². The summed E-state index contributed by atoms with van der Waals surface area (Å²) < 4.78 is 0. The normalized spacial score (nSPS) is 14.5. The zero-order valence-electron chi connectivity index (χ0n) is 19.2. The van der Waals surface area contributed by atoms with E-state index in [4.69, 9.17) is 4.99 Å². The maximum atomic E-state index is 4.77. The molecule has 0 saturated carbocycles. The zero-order chi connectivity index (χ0) is 21.2. The summed E-state index contributed by atoms with van der Waals surface area (Å²) in [6.45, 7) is 8.91. The van der Waals surface area contributed by atoms with Gasteiger partial charge in [0.2, 0.25) is 0 Å². The van der Waals surface area contributed by atoms with Crippen LogP contribution in [0, 0.1) is 0 Å². The topological polar surface area (TPSA) is 42.9 Å². The van der Waals surface area contributed by atoms with Crippen LogP contribution in [0.15, 0.2) is 53.5 Å². The molecule has 0 spiro atoms. The highest BCUT2D eigenvalue weighted by Gasteiger charge is 2.11. The lowest BCUT2D eigenvalue weighted by Crippen LogP contribution is -2.36. The highest BCUT2D eigenvalue weighted by Crippen LogP contribution is 2.13. The van der Waals surface area contributed by atoms with E-state index in [9.17, 15) is 0 Å². The van der Waals surface area contributed by atoms with Crippen molar-refractivity contribution < 1.29 is 0 Å². The van der Waals surface area contributed by atoms with Gasteiger partial charge in [0.1, 0.15) is 0 Å². The zero-order valence-corrected chi connectivity index (χ0v) is 21.6. The Morgan fingerprint density at radius 1 is 0.871 bits per heavy atom. The summed E-state index contributed by atoms with van der Waals surface area (Å²) in [5.74, 6) is 0.857. The number of hydrogen-bond acceptors (Lipinski definition) is 3. The third-order valence-electron chi connectivity index (χ3n) is 5.37. The van der Waals surface area contributed by atoms with Crippen LogP contribution in [0.5, 0.6) is 0 Å². The molecule has 0 aromatic heterocycles. The van der Waals surface area contributed by atoms with Crippen LogP contribution in [0.1, 0.15) is 42.0 Å². The van der Waals surface area contributed by atoms with Crippen molar-refractivity contribution in [1.29, 1.82) is 0 Å². The summed E-state index contributed by atoms with van der Waals surface area (Å²) in [5.41, 5.74) is 5.23. The molecule has 1 aliphatic heterocycles. The maximum Gasteiger partial charge on any atom is 0.191 e. The lowest BCUT2D eigenvalue weighted by atomic mass is 10.1. The number of nitrogens with one attached hydrogen (secondary N) is 2. The second-order valence-electron chi connectivity index (χ2n) is 8.40. The van der Waals surface area contributed by atoms with E-state index in [1.165, 1.54) is 48.2 Å². The predicted molar refractivity (Wildman–Crippen MR) is 142 cm³/mol. The van der Waals surface area contributed by atoms with Gasteiger partial charge >= 0.3 is 0 Å². The van der Waals surface area contributed by atoms with Gasteiger partial charge in [-0.3, -0.25) is 4.90 Å². The number of halogens is 1. The Bertz CT molecular complexity index is 781. The fraction of sp³-hybridized carbons (Fsp3) is 0.480. The summed E-state index contributed by atoms with van der Waals surface area (Å²) in [6, 6.07) is 17.7. The molecule has 0 bridgehead atoms. The van der Waals surface area contributed by atoms with Crippen LogP contribution in [-0.4, -0.2) is 49.5 Å². The van der Waals surface area contributed by atoms with E-state index in [1.807, 2.05) is 0 Å². The summed E-state index contributed by atoms with van der Waals surface area (Å²) >= 11 is 0. The molecule has 170 valence electrons. The standard InChI is InChI=1S/C25H37N5.HI/c1-4-26-25(27-17-21-7-11-23(12-8-21)19-29(2)3)28-18-22-9-13-24(14-10-22)20-30-15-5-6-16-30;/h7-14H,4-6,15-20H2,1-3H3,(H2,26,27,28);1H. The fourth-order valence-corrected chi connectivity index (χ4v) is 3.77. The van der Waals surface area contributed by atoms with Crippen molar-refractivity contribution in [2.24, 2.45) is 4.99 Å². The molecule has 0 unspecified atom stereocenters. The monoisotopic (exact) mass is 535 g/mol. The quantitative estimate of drug-likeness (QED) is 0.287. The van der Waals surface area contributed by atoms with E-state index < -0.39 is 0 Å². The molecule has 2 aromatic rings. The molecule has 5 nitrogen and oxygen atoms in total. The highest BCUT2D eigenvalue weighted by atomic mass is 127. The molecular formula is C25H38IN5. The molecule has 1 heterocycles. The van der Waals surface area contributed by atoms with Crippen LogP contribution in [0.25, 0.3) is 0 Å². The molecule has 3 rings (SSSR count). The molecule has 2 N–H and O–H groups in total. The Hall–Kier alpha value is -1.64. The first-order chi connectivity index (χ1) is 14.6. The number of benzene rings is 2. The van der Waals surface area contributed by atoms with Gasteiger partial charge < -0.3 is 15.5 Å². The third kappa shape index (κ3) is 9.17. The second-order valence-corrected chi connectivity index (χ2v) is 8.40. The largest absolute Gasteiger partial charge is 0.357 e. The molecule has 1 saturated heterocycles. The Labute approximate surface area is 205 Å². The molecule has 0 radical (unpaired) electrons. The molecular weight excluding hydrogens is 497 g/mol. The number of likely N-dealkylation sites (tertiary alicyclic amines) is 1. The molecule has 2 aromatic carbocycles. The van der Waals surface area contributed by atoms with Gasteiger partial charge in [0.05, 0.1) is 6.54 Å². The minimum atomic E-state index is 0. The molecule has 0 atom stereocenters. The van der Waals surface area contributed by atoms with Crippen LogP contribution < -0.4 is 10.6 Å². The van der Waals surface area contributed by atoms with Gasteiger partial charge in [-0.15, -0.1) is 24.0 Å². The van der Waals surface area contributed by atoms with Crippen LogP contribution in [0.3, 0.4) is 0 Å².